The van der Waals surface area contributed by atoms with Crippen LogP contribution >= 0.6 is 23.2 Å². The van der Waals surface area contributed by atoms with Crippen LogP contribution in [0.1, 0.15) is 11.4 Å². The molecular formula is C12H10Cl2N4. The zero-order chi connectivity index (χ0) is 13.1. The Morgan fingerprint density at radius 3 is 2.00 bits per heavy atom. The van der Waals surface area contributed by atoms with Crippen molar-refractivity contribution in [2.75, 3.05) is 0 Å². The van der Waals surface area contributed by atoms with Crippen LogP contribution in [0.2, 0.25) is 10.3 Å². The molecule has 2 aromatic rings. The number of hydrogen-bond donors (Lipinski definition) is 0. The first-order chi connectivity index (χ1) is 8.56. The van der Waals surface area contributed by atoms with E-state index in [9.17, 15) is 0 Å². The molecule has 0 aliphatic rings. The first-order valence-electron chi connectivity index (χ1n) is 5.24. The van der Waals surface area contributed by atoms with Crippen molar-refractivity contribution in [1.29, 1.82) is 0 Å². The standard InChI is InChI=1S/C12H10Cl2N4/c1-7-3-5-9(6-4-7)17-18-10-11(13)15-8(2)16-12(10)14/h3-6H,1-2H3/b18-17+. The number of benzene rings is 1. The highest BCUT2D eigenvalue weighted by molar-refractivity contribution is 6.37. The second kappa shape index (κ2) is 5.42. The van der Waals surface area contributed by atoms with Crippen LogP contribution < -0.4 is 0 Å². The summed E-state index contributed by atoms with van der Waals surface area (Å²) < 4.78 is 0. The summed E-state index contributed by atoms with van der Waals surface area (Å²) in [6, 6.07) is 7.61. The summed E-state index contributed by atoms with van der Waals surface area (Å²) in [6.45, 7) is 3.71. The summed E-state index contributed by atoms with van der Waals surface area (Å²) in [5.41, 5.74) is 2.15. The van der Waals surface area contributed by atoms with Gasteiger partial charge in [0.15, 0.2) is 16.0 Å². The van der Waals surface area contributed by atoms with E-state index >= 15 is 0 Å². The molecular weight excluding hydrogens is 271 g/mol. The highest BCUT2D eigenvalue weighted by Crippen LogP contribution is 2.31. The van der Waals surface area contributed by atoms with Crippen LogP contribution in [0.3, 0.4) is 0 Å². The number of halogens is 2. The fourth-order valence-corrected chi connectivity index (χ4v) is 1.85. The number of aryl methyl sites for hydroxylation is 2. The third-order valence-electron chi connectivity index (χ3n) is 2.21. The van der Waals surface area contributed by atoms with Gasteiger partial charge in [0.1, 0.15) is 5.82 Å². The molecule has 0 unspecified atom stereocenters. The molecule has 0 amide bonds. The number of aromatic nitrogens is 2. The molecule has 1 aromatic carbocycles. The maximum atomic E-state index is 5.94. The van der Waals surface area contributed by atoms with Gasteiger partial charge in [0, 0.05) is 0 Å². The molecule has 0 bridgehead atoms. The molecule has 1 heterocycles. The van der Waals surface area contributed by atoms with E-state index < -0.39 is 0 Å². The first-order valence-corrected chi connectivity index (χ1v) is 6.00. The number of rotatable bonds is 2. The molecule has 18 heavy (non-hydrogen) atoms. The van der Waals surface area contributed by atoms with Crippen LogP contribution in [0.15, 0.2) is 34.5 Å². The molecule has 92 valence electrons. The fourth-order valence-electron chi connectivity index (χ4n) is 1.30. The minimum Gasteiger partial charge on any atom is -0.219 e. The molecule has 0 saturated carbocycles. The molecule has 0 fully saturated rings. The lowest BCUT2D eigenvalue weighted by Gasteiger charge is -2.00. The lowest BCUT2D eigenvalue weighted by molar-refractivity contribution is 1.04. The van der Waals surface area contributed by atoms with E-state index in [0.29, 0.717) is 11.5 Å². The SMILES string of the molecule is Cc1ccc(/N=N/c2c(Cl)nc(C)nc2Cl)cc1. The van der Waals surface area contributed by atoms with Gasteiger partial charge in [-0.1, -0.05) is 40.9 Å². The Morgan fingerprint density at radius 2 is 1.44 bits per heavy atom. The van der Waals surface area contributed by atoms with E-state index in [1.165, 1.54) is 0 Å². The van der Waals surface area contributed by atoms with Gasteiger partial charge in [-0.05, 0) is 26.0 Å². The average Bonchev–Trinajstić information content (AvgIpc) is 2.30. The van der Waals surface area contributed by atoms with E-state index in [-0.39, 0.29) is 16.0 Å². The van der Waals surface area contributed by atoms with Crippen LogP contribution in [0.25, 0.3) is 0 Å². The van der Waals surface area contributed by atoms with E-state index in [2.05, 4.69) is 20.2 Å². The third-order valence-corrected chi connectivity index (χ3v) is 2.74. The van der Waals surface area contributed by atoms with Gasteiger partial charge in [-0.25, -0.2) is 9.97 Å². The van der Waals surface area contributed by atoms with Crippen molar-refractivity contribution in [2.45, 2.75) is 13.8 Å². The second-order valence-electron chi connectivity index (χ2n) is 3.74. The van der Waals surface area contributed by atoms with Gasteiger partial charge >= 0.3 is 0 Å². The summed E-state index contributed by atoms with van der Waals surface area (Å²) >= 11 is 11.9. The maximum Gasteiger partial charge on any atom is 0.161 e. The predicted molar refractivity (Wildman–Crippen MR) is 72.1 cm³/mol. The van der Waals surface area contributed by atoms with E-state index in [4.69, 9.17) is 23.2 Å². The molecule has 6 heteroatoms. The molecule has 1 aromatic heterocycles. The summed E-state index contributed by atoms with van der Waals surface area (Å²) in [7, 11) is 0. The summed E-state index contributed by atoms with van der Waals surface area (Å²) in [6.07, 6.45) is 0. The molecule has 4 nitrogen and oxygen atoms in total. The molecule has 0 saturated heterocycles. The Hall–Kier alpha value is -1.52. The Kier molecular flexibility index (Phi) is 3.89. The van der Waals surface area contributed by atoms with Crippen LogP contribution in [0.5, 0.6) is 0 Å². The van der Waals surface area contributed by atoms with Crippen LogP contribution in [-0.2, 0) is 0 Å². The smallest absolute Gasteiger partial charge is 0.161 e. The summed E-state index contributed by atoms with van der Waals surface area (Å²) in [5.74, 6) is 0.499. The highest BCUT2D eigenvalue weighted by Gasteiger charge is 2.09. The largest absolute Gasteiger partial charge is 0.219 e. The van der Waals surface area contributed by atoms with Gasteiger partial charge < -0.3 is 0 Å². The molecule has 0 N–H and O–H groups in total. The Balaban J connectivity index is 2.31. The van der Waals surface area contributed by atoms with Crippen LogP contribution in [-0.4, -0.2) is 9.97 Å². The third kappa shape index (κ3) is 3.03. The first kappa shape index (κ1) is 12.9. The van der Waals surface area contributed by atoms with Crippen LogP contribution in [0.4, 0.5) is 11.4 Å². The lowest BCUT2D eigenvalue weighted by Crippen LogP contribution is -1.88. The van der Waals surface area contributed by atoms with Crippen molar-refractivity contribution < 1.29 is 0 Å². The Labute approximate surface area is 115 Å². The van der Waals surface area contributed by atoms with Crippen molar-refractivity contribution in [3.63, 3.8) is 0 Å². The monoisotopic (exact) mass is 280 g/mol. The Morgan fingerprint density at radius 1 is 0.889 bits per heavy atom. The predicted octanol–water partition coefficient (Wildman–Crippen LogP) is 4.82. The van der Waals surface area contributed by atoms with Crippen molar-refractivity contribution >= 4 is 34.6 Å². The number of azo groups is 1. The van der Waals surface area contributed by atoms with Gasteiger partial charge in [0.25, 0.3) is 0 Å². The number of nitrogens with zero attached hydrogens (tertiary/aromatic N) is 4. The van der Waals surface area contributed by atoms with Gasteiger partial charge in [0.2, 0.25) is 0 Å². The molecule has 0 aliphatic heterocycles. The second-order valence-corrected chi connectivity index (χ2v) is 4.45. The molecule has 2 rings (SSSR count). The topological polar surface area (TPSA) is 50.5 Å². The Bertz CT molecular complexity index is 571. The molecule has 0 spiro atoms. The van der Waals surface area contributed by atoms with Crippen molar-refractivity contribution in [3.05, 3.63) is 46.0 Å². The maximum absolute atomic E-state index is 5.94. The van der Waals surface area contributed by atoms with E-state index in [1.54, 1.807) is 6.92 Å². The van der Waals surface area contributed by atoms with Gasteiger partial charge in [-0.2, -0.15) is 5.11 Å². The molecule has 0 atom stereocenters. The minimum absolute atomic E-state index is 0.198. The van der Waals surface area contributed by atoms with Crippen molar-refractivity contribution in [2.24, 2.45) is 10.2 Å². The number of hydrogen-bond acceptors (Lipinski definition) is 4. The van der Waals surface area contributed by atoms with Crippen molar-refractivity contribution in [1.82, 2.24) is 9.97 Å². The molecule has 0 radical (unpaired) electrons. The van der Waals surface area contributed by atoms with Gasteiger partial charge in [-0.3, -0.25) is 0 Å². The fraction of sp³-hybridized carbons (Fsp3) is 0.167. The minimum atomic E-state index is 0.198. The normalized spacial score (nSPS) is 11.1. The van der Waals surface area contributed by atoms with Crippen LogP contribution in [0, 0.1) is 13.8 Å². The summed E-state index contributed by atoms with van der Waals surface area (Å²) in [4.78, 5) is 7.95. The van der Waals surface area contributed by atoms with Gasteiger partial charge in [-0.15, -0.1) is 5.11 Å². The molecule has 0 aliphatic carbocycles. The summed E-state index contributed by atoms with van der Waals surface area (Å²) in [5, 5.41) is 8.42. The lowest BCUT2D eigenvalue weighted by atomic mass is 10.2. The van der Waals surface area contributed by atoms with Gasteiger partial charge in [0.05, 0.1) is 5.69 Å². The average molecular weight is 281 g/mol. The van der Waals surface area contributed by atoms with Crippen molar-refractivity contribution in [3.8, 4) is 0 Å². The van der Waals surface area contributed by atoms with E-state index in [1.807, 2.05) is 31.2 Å². The quantitative estimate of drug-likeness (QED) is 0.585. The highest BCUT2D eigenvalue weighted by atomic mass is 35.5. The van der Waals surface area contributed by atoms with E-state index in [0.717, 1.165) is 5.56 Å². The zero-order valence-corrected chi connectivity index (χ0v) is 11.4. The zero-order valence-electron chi connectivity index (χ0n) is 9.85.